The fourth-order valence-electron chi connectivity index (χ4n) is 2.71. The van der Waals surface area contributed by atoms with Crippen LogP contribution in [0.1, 0.15) is 65.2 Å². The first-order valence-electron chi connectivity index (χ1n) is 7.81. The highest BCUT2D eigenvalue weighted by Crippen LogP contribution is 2.31. The summed E-state index contributed by atoms with van der Waals surface area (Å²) in [6, 6.07) is -0.378. The largest absolute Gasteiger partial charge is 0.373 e. The molecule has 1 atom stereocenters. The van der Waals surface area contributed by atoms with Crippen LogP contribution in [-0.4, -0.2) is 30.7 Å². The molecule has 0 heterocycles. The Labute approximate surface area is 117 Å². The van der Waals surface area contributed by atoms with Crippen molar-refractivity contribution in [2.45, 2.75) is 76.9 Å². The lowest BCUT2D eigenvalue weighted by atomic mass is 9.84. The molecule has 0 saturated heterocycles. The van der Waals surface area contributed by atoms with E-state index in [4.69, 9.17) is 10.5 Å². The summed E-state index contributed by atoms with van der Waals surface area (Å²) in [7, 11) is 0. The SMILES string of the molecule is CCCOC1(CNC(=O)C(N)CCC)CCCCC1. The van der Waals surface area contributed by atoms with Crippen molar-refractivity contribution in [2.75, 3.05) is 13.2 Å². The van der Waals surface area contributed by atoms with Crippen LogP contribution in [0, 0.1) is 0 Å². The molecule has 0 aliphatic heterocycles. The lowest BCUT2D eigenvalue weighted by Crippen LogP contribution is -2.50. The Balaban J connectivity index is 2.46. The third kappa shape index (κ3) is 5.49. The van der Waals surface area contributed by atoms with Gasteiger partial charge in [-0.15, -0.1) is 0 Å². The van der Waals surface area contributed by atoms with Gasteiger partial charge >= 0.3 is 0 Å². The number of ether oxygens (including phenoxy) is 1. The first-order chi connectivity index (χ1) is 9.13. The molecule has 4 heteroatoms. The molecule has 1 amide bonds. The second-order valence-corrected chi connectivity index (χ2v) is 5.71. The summed E-state index contributed by atoms with van der Waals surface area (Å²) in [5.41, 5.74) is 5.69. The van der Waals surface area contributed by atoms with E-state index in [9.17, 15) is 4.79 Å². The van der Waals surface area contributed by atoms with Gasteiger partial charge in [0.05, 0.1) is 11.6 Å². The number of hydrogen-bond donors (Lipinski definition) is 2. The molecule has 1 saturated carbocycles. The van der Waals surface area contributed by atoms with E-state index in [1.165, 1.54) is 19.3 Å². The third-order valence-corrected chi connectivity index (χ3v) is 3.90. The van der Waals surface area contributed by atoms with Crippen molar-refractivity contribution in [1.82, 2.24) is 5.32 Å². The zero-order valence-electron chi connectivity index (χ0n) is 12.5. The number of rotatable bonds is 8. The number of nitrogens with two attached hydrogens (primary N) is 1. The zero-order chi connectivity index (χ0) is 14.1. The lowest BCUT2D eigenvalue weighted by molar-refractivity contribution is -0.125. The molecule has 1 rings (SSSR count). The summed E-state index contributed by atoms with van der Waals surface area (Å²) in [5, 5.41) is 3.00. The molecule has 0 aromatic rings. The van der Waals surface area contributed by atoms with E-state index in [0.29, 0.717) is 6.54 Å². The molecular weight excluding hydrogens is 240 g/mol. The Morgan fingerprint density at radius 1 is 1.26 bits per heavy atom. The van der Waals surface area contributed by atoms with Crippen LogP contribution in [0.5, 0.6) is 0 Å². The van der Waals surface area contributed by atoms with Crippen LogP contribution in [0.25, 0.3) is 0 Å². The highest BCUT2D eigenvalue weighted by molar-refractivity contribution is 5.81. The predicted molar refractivity (Wildman–Crippen MR) is 78.0 cm³/mol. The average molecular weight is 270 g/mol. The smallest absolute Gasteiger partial charge is 0.237 e. The maximum absolute atomic E-state index is 11.9. The van der Waals surface area contributed by atoms with E-state index in [2.05, 4.69) is 12.2 Å². The molecule has 1 unspecified atom stereocenters. The molecule has 19 heavy (non-hydrogen) atoms. The molecule has 0 radical (unpaired) electrons. The monoisotopic (exact) mass is 270 g/mol. The molecule has 1 aliphatic carbocycles. The number of nitrogens with one attached hydrogen (secondary N) is 1. The summed E-state index contributed by atoms with van der Waals surface area (Å²) >= 11 is 0. The minimum atomic E-state index is -0.378. The Bertz CT molecular complexity index is 263. The van der Waals surface area contributed by atoms with E-state index in [0.717, 1.165) is 38.7 Å². The van der Waals surface area contributed by atoms with Crippen LogP contribution in [-0.2, 0) is 9.53 Å². The Morgan fingerprint density at radius 2 is 1.95 bits per heavy atom. The van der Waals surface area contributed by atoms with Crippen LogP contribution in [0.4, 0.5) is 0 Å². The minimum Gasteiger partial charge on any atom is -0.373 e. The molecule has 0 aromatic heterocycles. The van der Waals surface area contributed by atoms with Crippen molar-refractivity contribution in [3.8, 4) is 0 Å². The van der Waals surface area contributed by atoms with Gasteiger partial charge in [-0.25, -0.2) is 0 Å². The molecule has 1 aliphatic rings. The molecule has 3 N–H and O–H groups in total. The second-order valence-electron chi connectivity index (χ2n) is 5.71. The Kier molecular flexibility index (Phi) is 7.39. The molecule has 0 spiro atoms. The van der Waals surface area contributed by atoms with Crippen molar-refractivity contribution < 1.29 is 9.53 Å². The number of carbonyl (C=O) groups is 1. The quantitative estimate of drug-likeness (QED) is 0.711. The highest BCUT2D eigenvalue weighted by atomic mass is 16.5. The predicted octanol–water partition coefficient (Wildman–Crippen LogP) is 2.36. The van der Waals surface area contributed by atoms with Gasteiger partial charge < -0.3 is 15.8 Å². The topological polar surface area (TPSA) is 64.3 Å². The van der Waals surface area contributed by atoms with Gasteiger partial charge in [0.2, 0.25) is 5.91 Å². The summed E-state index contributed by atoms with van der Waals surface area (Å²) in [5.74, 6) is -0.0353. The number of hydrogen-bond acceptors (Lipinski definition) is 3. The normalized spacial score (nSPS) is 19.9. The van der Waals surface area contributed by atoms with E-state index in [1.54, 1.807) is 0 Å². The third-order valence-electron chi connectivity index (χ3n) is 3.90. The van der Waals surface area contributed by atoms with E-state index < -0.39 is 0 Å². The van der Waals surface area contributed by atoms with Gasteiger partial charge in [-0.3, -0.25) is 4.79 Å². The first kappa shape index (κ1) is 16.4. The average Bonchev–Trinajstić information content (AvgIpc) is 2.44. The van der Waals surface area contributed by atoms with Crippen LogP contribution in [0.3, 0.4) is 0 Å². The standard InChI is InChI=1S/C15H30N2O2/c1-3-8-13(16)14(18)17-12-15(19-11-4-2)9-6-5-7-10-15/h13H,3-12,16H2,1-2H3,(H,17,18). The molecular formula is C15H30N2O2. The number of carbonyl (C=O) groups excluding carboxylic acids is 1. The summed E-state index contributed by atoms with van der Waals surface area (Å²) < 4.78 is 6.05. The fraction of sp³-hybridized carbons (Fsp3) is 0.933. The maximum atomic E-state index is 11.9. The first-order valence-corrected chi connectivity index (χ1v) is 7.81. The summed E-state index contributed by atoms with van der Waals surface area (Å²) in [4.78, 5) is 11.9. The minimum absolute atomic E-state index is 0.0353. The van der Waals surface area contributed by atoms with E-state index in [1.807, 2.05) is 6.92 Å². The van der Waals surface area contributed by atoms with Gasteiger partial charge in [-0.05, 0) is 25.7 Å². The van der Waals surface area contributed by atoms with Crippen LogP contribution in [0.2, 0.25) is 0 Å². The molecule has 0 aromatic carbocycles. The molecule has 4 nitrogen and oxygen atoms in total. The van der Waals surface area contributed by atoms with E-state index in [-0.39, 0.29) is 17.6 Å². The van der Waals surface area contributed by atoms with Crippen molar-refractivity contribution in [2.24, 2.45) is 5.73 Å². The lowest BCUT2D eigenvalue weighted by Gasteiger charge is -2.37. The fourth-order valence-corrected chi connectivity index (χ4v) is 2.71. The van der Waals surface area contributed by atoms with Gasteiger partial charge in [0, 0.05) is 13.2 Å². The van der Waals surface area contributed by atoms with Crippen LogP contribution < -0.4 is 11.1 Å². The van der Waals surface area contributed by atoms with Crippen molar-refractivity contribution in [1.29, 1.82) is 0 Å². The Morgan fingerprint density at radius 3 is 2.53 bits per heavy atom. The molecule has 112 valence electrons. The molecule has 0 bridgehead atoms. The van der Waals surface area contributed by atoms with Crippen LogP contribution in [0.15, 0.2) is 0 Å². The van der Waals surface area contributed by atoms with Gasteiger partial charge in [-0.2, -0.15) is 0 Å². The summed E-state index contributed by atoms with van der Waals surface area (Å²) in [6.45, 7) is 5.55. The molecule has 1 fully saturated rings. The van der Waals surface area contributed by atoms with Gasteiger partial charge in [0.1, 0.15) is 0 Å². The van der Waals surface area contributed by atoms with Gasteiger partial charge in [-0.1, -0.05) is 39.5 Å². The maximum Gasteiger partial charge on any atom is 0.237 e. The highest BCUT2D eigenvalue weighted by Gasteiger charge is 2.33. The van der Waals surface area contributed by atoms with Gasteiger partial charge in [0.25, 0.3) is 0 Å². The zero-order valence-corrected chi connectivity index (χ0v) is 12.5. The van der Waals surface area contributed by atoms with E-state index >= 15 is 0 Å². The van der Waals surface area contributed by atoms with Gasteiger partial charge in [0.15, 0.2) is 0 Å². The van der Waals surface area contributed by atoms with Crippen molar-refractivity contribution in [3.05, 3.63) is 0 Å². The van der Waals surface area contributed by atoms with Crippen molar-refractivity contribution in [3.63, 3.8) is 0 Å². The summed E-state index contributed by atoms with van der Waals surface area (Å²) in [6.07, 6.45) is 8.47. The second kappa shape index (κ2) is 8.54. The number of amides is 1. The van der Waals surface area contributed by atoms with Crippen molar-refractivity contribution >= 4 is 5.91 Å². The Hall–Kier alpha value is -0.610. The van der Waals surface area contributed by atoms with Crippen LogP contribution >= 0.6 is 0 Å².